The van der Waals surface area contributed by atoms with Gasteiger partial charge in [0.15, 0.2) is 0 Å². The molecule has 1 aromatic carbocycles. The van der Waals surface area contributed by atoms with Crippen molar-refractivity contribution in [1.29, 1.82) is 0 Å². The summed E-state index contributed by atoms with van der Waals surface area (Å²) in [6.07, 6.45) is 10.9. The lowest BCUT2D eigenvalue weighted by Gasteiger charge is -2.24. The average molecular weight is 285 g/mol. The number of benzene rings is 1. The first-order chi connectivity index (χ1) is 10.2. The number of hydrogen-bond donors (Lipinski definition) is 1. The molecule has 1 aromatic rings. The zero-order valence-corrected chi connectivity index (χ0v) is 13.2. The fourth-order valence-corrected chi connectivity index (χ4v) is 3.80. The molecule has 0 aliphatic heterocycles. The van der Waals surface area contributed by atoms with Crippen molar-refractivity contribution in [2.45, 2.75) is 70.8 Å². The molecule has 0 heterocycles. The van der Waals surface area contributed by atoms with Gasteiger partial charge in [-0.2, -0.15) is 0 Å². The highest BCUT2D eigenvalue weighted by atomic mass is 16.1. The third-order valence-corrected chi connectivity index (χ3v) is 5.21. The molecule has 0 radical (unpaired) electrons. The second kappa shape index (κ2) is 6.64. The Morgan fingerprint density at radius 3 is 2.52 bits per heavy atom. The Morgan fingerprint density at radius 1 is 1.05 bits per heavy atom. The molecule has 2 heteroatoms. The smallest absolute Gasteiger partial charge is 0.223 e. The normalized spacial score (nSPS) is 20.6. The number of aryl methyl sites for hydroxylation is 2. The molecule has 1 unspecified atom stereocenters. The Kier molecular flexibility index (Phi) is 4.62. The average Bonchev–Trinajstić information content (AvgIpc) is 2.55. The maximum Gasteiger partial charge on any atom is 0.223 e. The summed E-state index contributed by atoms with van der Waals surface area (Å²) >= 11 is 0. The SMILES string of the molecule is CC(NC(=O)C1CCCCC1)c1ccc2c(c1)CCCC2. The number of carbonyl (C=O) groups excluding carboxylic acids is 1. The van der Waals surface area contributed by atoms with Crippen LogP contribution in [-0.4, -0.2) is 5.91 Å². The Hall–Kier alpha value is -1.31. The Morgan fingerprint density at radius 2 is 1.76 bits per heavy atom. The summed E-state index contributed by atoms with van der Waals surface area (Å²) in [7, 11) is 0. The lowest BCUT2D eigenvalue weighted by Crippen LogP contribution is -2.33. The first kappa shape index (κ1) is 14.6. The van der Waals surface area contributed by atoms with Crippen LogP contribution in [0.2, 0.25) is 0 Å². The van der Waals surface area contributed by atoms with E-state index in [-0.39, 0.29) is 17.9 Å². The van der Waals surface area contributed by atoms with Crippen LogP contribution in [0, 0.1) is 5.92 Å². The summed E-state index contributed by atoms with van der Waals surface area (Å²) in [5.74, 6) is 0.513. The minimum atomic E-state index is 0.131. The van der Waals surface area contributed by atoms with E-state index in [0.29, 0.717) is 0 Å². The zero-order valence-electron chi connectivity index (χ0n) is 13.2. The van der Waals surface area contributed by atoms with Crippen LogP contribution in [-0.2, 0) is 17.6 Å². The minimum Gasteiger partial charge on any atom is -0.349 e. The highest BCUT2D eigenvalue weighted by molar-refractivity contribution is 5.79. The van der Waals surface area contributed by atoms with Crippen LogP contribution < -0.4 is 5.32 Å². The topological polar surface area (TPSA) is 29.1 Å². The van der Waals surface area contributed by atoms with Crippen molar-refractivity contribution in [1.82, 2.24) is 5.32 Å². The predicted octanol–water partition coefficient (Wildman–Crippen LogP) is 4.32. The fraction of sp³-hybridized carbons (Fsp3) is 0.632. The molecule has 2 nitrogen and oxygen atoms in total. The van der Waals surface area contributed by atoms with Gasteiger partial charge in [-0.15, -0.1) is 0 Å². The number of fused-ring (bicyclic) bond motifs is 1. The van der Waals surface area contributed by atoms with E-state index in [2.05, 4.69) is 30.4 Å². The van der Waals surface area contributed by atoms with Crippen molar-refractivity contribution in [2.75, 3.05) is 0 Å². The third-order valence-electron chi connectivity index (χ3n) is 5.21. The van der Waals surface area contributed by atoms with Crippen LogP contribution in [0.4, 0.5) is 0 Å². The predicted molar refractivity (Wildman–Crippen MR) is 86.2 cm³/mol. The Bertz CT molecular complexity index is 502. The molecule has 0 aromatic heterocycles. The van der Waals surface area contributed by atoms with E-state index in [1.54, 1.807) is 0 Å². The standard InChI is InChI=1S/C19H27NO/c1-14(20-19(21)16-8-3-2-4-9-16)17-12-11-15-7-5-6-10-18(15)13-17/h11-14,16H,2-10H2,1H3,(H,20,21). The summed E-state index contributed by atoms with van der Waals surface area (Å²) in [6, 6.07) is 6.93. The number of rotatable bonds is 3. The lowest BCUT2D eigenvalue weighted by molar-refractivity contribution is -0.126. The Labute approximate surface area is 128 Å². The maximum atomic E-state index is 12.4. The van der Waals surface area contributed by atoms with Gasteiger partial charge in [-0.05, 0) is 62.1 Å². The summed E-state index contributed by atoms with van der Waals surface area (Å²) in [6.45, 7) is 2.12. The molecule has 1 fully saturated rings. The molecule has 2 aliphatic carbocycles. The Balaban J connectivity index is 1.64. The largest absolute Gasteiger partial charge is 0.349 e. The van der Waals surface area contributed by atoms with Crippen LogP contribution >= 0.6 is 0 Å². The van der Waals surface area contributed by atoms with E-state index in [4.69, 9.17) is 0 Å². The van der Waals surface area contributed by atoms with E-state index in [1.165, 1.54) is 61.6 Å². The van der Waals surface area contributed by atoms with Gasteiger partial charge in [0.25, 0.3) is 0 Å². The molecule has 3 rings (SSSR count). The van der Waals surface area contributed by atoms with Gasteiger partial charge in [0.2, 0.25) is 5.91 Å². The van der Waals surface area contributed by atoms with Gasteiger partial charge in [-0.25, -0.2) is 0 Å². The number of nitrogens with one attached hydrogen (secondary N) is 1. The third kappa shape index (κ3) is 3.48. The summed E-state index contributed by atoms with van der Waals surface area (Å²) in [5, 5.41) is 3.23. The number of amides is 1. The minimum absolute atomic E-state index is 0.131. The molecule has 114 valence electrons. The van der Waals surface area contributed by atoms with Gasteiger partial charge >= 0.3 is 0 Å². The van der Waals surface area contributed by atoms with Crippen LogP contribution in [0.5, 0.6) is 0 Å². The maximum absolute atomic E-state index is 12.4. The summed E-state index contributed by atoms with van der Waals surface area (Å²) in [5.41, 5.74) is 4.27. The molecule has 0 bridgehead atoms. The molecule has 0 spiro atoms. The molecule has 1 saturated carbocycles. The van der Waals surface area contributed by atoms with Crippen LogP contribution in [0.25, 0.3) is 0 Å². The van der Waals surface area contributed by atoms with Gasteiger partial charge in [-0.3, -0.25) is 4.79 Å². The van der Waals surface area contributed by atoms with Crippen molar-refractivity contribution in [3.63, 3.8) is 0 Å². The van der Waals surface area contributed by atoms with Gasteiger partial charge in [0, 0.05) is 5.92 Å². The molecule has 1 amide bonds. The van der Waals surface area contributed by atoms with E-state index < -0.39 is 0 Å². The van der Waals surface area contributed by atoms with Crippen LogP contribution in [0.3, 0.4) is 0 Å². The summed E-state index contributed by atoms with van der Waals surface area (Å²) < 4.78 is 0. The molecule has 1 N–H and O–H groups in total. The van der Waals surface area contributed by atoms with Gasteiger partial charge in [0.1, 0.15) is 0 Å². The van der Waals surface area contributed by atoms with E-state index in [1.807, 2.05) is 0 Å². The molecular formula is C19H27NO. The van der Waals surface area contributed by atoms with E-state index in [9.17, 15) is 4.79 Å². The quantitative estimate of drug-likeness (QED) is 0.880. The molecule has 21 heavy (non-hydrogen) atoms. The summed E-state index contributed by atoms with van der Waals surface area (Å²) in [4.78, 5) is 12.4. The molecular weight excluding hydrogens is 258 g/mol. The first-order valence-corrected chi connectivity index (χ1v) is 8.66. The van der Waals surface area contributed by atoms with Crippen LogP contribution in [0.1, 0.15) is 74.6 Å². The number of carbonyl (C=O) groups is 1. The van der Waals surface area contributed by atoms with Crippen LogP contribution in [0.15, 0.2) is 18.2 Å². The second-order valence-corrected chi connectivity index (χ2v) is 6.80. The first-order valence-electron chi connectivity index (χ1n) is 8.66. The van der Waals surface area contributed by atoms with Crippen molar-refractivity contribution < 1.29 is 4.79 Å². The zero-order chi connectivity index (χ0) is 14.7. The lowest BCUT2D eigenvalue weighted by atomic mass is 9.87. The van der Waals surface area contributed by atoms with Gasteiger partial charge in [0.05, 0.1) is 6.04 Å². The highest BCUT2D eigenvalue weighted by Gasteiger charge is 2.22. The van der Waals surface area contributed by atoms with Crippen molar-refractivity contribution in [3.8, 4) is 0 Å². The fourth-order valence-electron chi connectivity index (χ4n) is 3.80. The number of hydrogen-bond acceptors (Lipinski definition) is 1. The van der Waals surface area contributed by atoms with E-state index >= 15 is 0 Å². The van der Waals surface area contributed by atoms with Crippen molar-refractivity contribution >= 4 is 5.91 Å². The molecule has 2 aliphatic rings. The van der Waals surface area contributed by atoms with E-state index in [0.717, 1.165) is 12.8 Å². The molecule has 0 saturated heterocycles. The van der Waals surface area contributed by atoms with Crippen molar-refractivity contribution in [3.05, 3.63) is 34.9 Å². The second-order valence-electron chi connectivity index (χ2n) is 6.80. The highest BCUT2D eigenvalue weighted by Crippen LogP contribution is 2.27. The van der Waals surface area contributed by atoms with Gasteiger partial charge < -0.3 is 5.32 Å². The molecule has 1 atom stereocenters. The van der Waals surface area contributed by atoms with Crippen molar-refractivity contribution in [2.24, 2.45) is 5.92 Å². The monoisotopic (exact) mass is 285 g/mol. The van der Waals surface area contributed by atoms with Gasteiger partial charge in [-0.1, -0.05) is 37.5 Å².